The summed E-state index contributed by atoms with van der Waals surface area (Å²) in [5.41, 5.74) is 0.530. The monoisotopic (exact) mass is 284 g/mol. The lowest BCUT2D eigenvalue weighted by Gasteiger charge is -2.39. The molecule has 2 saturated heterocycles. The van der Waals surface area contributed by atoms with Crippen LogP contribution < -0.4 is 5.32 Å². The van der Waals surface area contributed by atoms with Crippen molar-refractivity contribution in [1.29, 1.82) is 0 Å². The van der Waals surface area contributed by atoms with Crippen LogP contribution in [-0.4, -0.2) is 48.1 Å². The SMILES string of the molecule is CCCCN1CCC(NC2CSCC(C)(C)C2)CC1. The van der Waals surface area contributed by atoms with Crippen molar-refractivity contribution >= 4 is 11.8 Å². The molecule has 0 aromatic heterocycles. The first kappa shape index (κ1) is 15.7. The molecule has 1 N–H and O–H groups in total. The van der Waals surface area contributed by atoms with Crippen molar-refractivity contribution < 1.29 is 0 Å². The molecule has 19 heavy (non-hydrogen) atoms. The van der Waals surface area contributed by atoms with Crippen molar-refractivity contribution in [2.45, 2.75) is 65.0 Å². The highest BCUT2D eigenvalue weighted by Crippen LogP contribution is 2.33. The molecule has 0 spiro atoms. The molecule has 0 saturated carbocycles. The lowest BCUT2D eigenvalue weighted by molar-refractivity contribution is 0.182. The molecule has 2 nitrogen and oxygen atoms in total. The number of hydrogen-bond donors (Lipinski definition) is 1. The number of rotatable bonds is 5. The third-order valence-electron chi connectivity index (χ3n) is 4.50. The maximum atomic E-state index is 3.94. The van der Waals surface area contributed by atoms with Crippen LogP contribution in [0.2, 0.25) is 0 Å². The minimum absolute atomic E-state index is 0.530. The van der Waals surface area contributed by atoms with E-state index in [0.717, 1.165) is 12.1 Å². The highest BCUT2D eigenvalue weighted by atomic mass is 32.2. The summed E-state index contributed by atoms with van der Waals surface area (Å²) in [6.07, 6.45) is 6.75. The molecule has 0 aromatic rings. The molecule has 2 aliphatic rings. The minimum Gasteiger partial charge on any atom is -0.310 e. The van der Waals surface area contributed by atoms with Crippen LogP contribution in [0.3, 0.4) is 0 Å². The third kappa shape index (κ3) is 5.28. The Balaban J connectivity index is 1.67. The van der Waals surface area contributed by atoms with E-state index in [9.17, 15) is 0 Å². The van der Waals surface area contributed by atoms with E-state index in [4.69, 9.17) is 0 Å². The molecule has 112 valence electrons. The zero-order valence-corrected chi connectivity index (χ0v) is 13.9. The van der Waals surface area contributed by atoms with E-state index in [2.05, 4.69) is 42.7 Å². The van der Waals surface area contributed by atoms with Gasteiger partial charge < -0.3 is 10.2 Å². The molecule has 0 aliphatic carbocycles. The second-order valence-corrected chi connectivity index (χ2v) is 8.25. The zero-order valence-electron chi connectivity index (χ0n) is 13.1. The summed E-state index contributed by atoms with van der Waals surface area (Å²) in [5, 5.41) is 3.94. The Kier molecular flexibility index (Phi) is 6.04. The molecule has 2 aliphatic heterocycles. The van der Waals surface area contributed by atoms with Crippen molar-refractivity contribution in [2.24, 2.45) is 5.41 Å². The summed E-state index contributed by atoms with van der Waals surface area (Å²) in [6.45, 7) is 11.1. The smallest absolute Gasteiger partial charge is 0.0166 e. The molecule has 3 heteroatoms. The Bertz CT molecular complexity index is 259. The van der Waals surface area contributed by atoms with Gasteiger partial charge in [-0.1, -0.05) is 27.2 Å². The predicted molar refractivity (Wildman–Crippen MR) is 87.0 cm³/mol. The predicted octanol–water partition coefficient (Wildman–Crippen LogP) is 3.37. The molecule has 2 fully saturated rings. The molecule has 0 radical (unpaired) electrons. The zero-order chi connectivity index (χ0) is 13.7. The molecular weight excluding hydrogens is 252 g/mol. The van der Waals surface area contributed by atoms with Crippen LogP contribution in [0.5, 0.6) is 0 Å². The molecule has 1 unspecified atom stereocenters. The van der Waals surface area contributed by atoms with Crippen LogP contribution in [0.15, 0.2) is 0 Å². The fourth-order valence-corrected chi connectivity index (χ4v) is 4.69. The molecule has 2 rings (SSSR count). The van der Waals surface area contributed by atoms with E-state index in [1.54, 1.807) is 0 Å². The number of thioether (sulfide) groups is 1. The number of likely N-dealkylation sites (tertiary alicyclic amines) is 1. The Morgan fingerprint density at radius 1 is 1.21 bits per heavy atom. The van der Waals surface area contributed by atoms with Crippen molar-refractivity contribution in [3.8, 4) is 0 Å². The van der Waals surface area contributed by atoms with E-state index in [-0.39, 0.29) is 0 Å². The van der Waals surface area contributed by atoms with Crippen LogP contribution in [0.1, 0.15) is 52.9 Å². The van der Waals surface area contributed by atoms with Gasteiger partial charge in [0.15, 0.2) is 0 Å². The topological polar surface area (TPSA) is 15.3 Å². The summed E-state index contributed by atoms with van der Waals surface area (Å²) < 4.78 is 0. The highest BCUT2D eigenvalue weighted by molar-refractivity contribution is 7.99. The first-order chi connectivity index (χ1) is 9.09. The average Bonchev–Trinajstić information content (AvgIpc) is 2.37. The maximum Gasteiger partial charge on any atom is 0.0166 e. The maximum absolute atomic E-state index is 3.94. The third-order valence-corrected chi connectivity index (χ3v) is 6.12. The summed E-state index contributed by atoms with van der Waals surface area (Å²) >= 11 is 2.14. The Morgan fingerprint density at radius 3 is 2.58 bits per heavy atom. The normalized spacial score (nSPS) is 29.5. The standard InChI is InChI=1S/C16H32N2S/c1-4-5-8-18-9-6-14(7-10-18)17-15-11-16(2,3)13-19-12-15/h14-15,17H,4-13H2,1-3H3. The van der Waals surface area contributed by atoms with Gasteiger partial charge in [-0.15, -0.1) is 0 Å². The van der Waals surface area contributed by atoms with E-state index < -0.39 is 0 Å². The van der Waals surface area contributed by atoms with Gasteiger partial charge >= 0.3 is 0 Å². The summed E-state index contributed by atoms with van der Waals surface area (Å²) in [6, 6.07) is 1.53. The Morgan fingerprint density at radius 2 is 1.95 bits per heavy atom. The molecular formula is C16H32N2S. The molecule has 0 aromatic carbocycles. The Labute approximate surface area is 124 Å². The van der Waals surface area contributed by atoms with E-state index in [1.165, 1.54) is 63.2 Å². The van der Waals surface area contributed by atoms with Crippen LogP contribution in [0.25, 0.3) is 0 Å². The van der Waals surface area contributed by atoms with Crippen LogP contribution >= 0.6 is 11.8 Å². The van der Waals surface area contributed by atoms with Gasteiger partial charge in [-0.2, -0.15) is 11.8 Å². The van der Waals surface area contributed by atoms with E-state index in [0.29, 0.717) is 5.41 Å². The number of hydrogen-bond acceptors (Lipinski definition) is 3. The number of unbranched alkanes of at least 4 members (excludes halogenated alkanes) is 1. The lowest BCUT2D eigenvalue weighted by atomic mass is 9.87. The Hall–Kier alpha value is 0.270. The summed E-state index contributed by atoms with van der Waals surface area (Å²) in [5.74, 6) is 2.65. The molecule has 1 atom stereocenters. The quantitative estimate of drug-likeness (QED) is 0.833. The van der Waals surface area contributed by atoms with Crippen molar-refractivity contribution in [2.75, 3.05) is 31.1 Å². The van der Waals surface area contributed by atoms with Gasteiger partial charge in [0.05, 0.1) is 0 Å². The molecule has 2 heterocycles. The highest BCUT2D eigenvalue weighted by Gasteiger charge is 2.30. The van der Waals surface area contributed by atoms with Crippen molar-refractivity contribution in [3.63, 3.8) is 0 Å². The second-order valence-electron chi connectivity index (χ2n) is 7.22. The van der Waals surface area contributed by atoms with Gasteiger partial charge in [0.2, 0.25) is 0 Å². The average molecular weight is 285 g/mol. The van der Waals surface area contributed by atoms with Gasteiger partial charge in [-0.3, -0.25) is 0 Å². The second kappa shape index (κ2) is 7.33. The molecule has 0 amide bonds. The number of nitrogens with zero attached hydrogens (tertiary/aromatic N) is 1. The van der Waals surface area contributed by atoms with Gasteiger partial charge in [0.25, 0.3) is 0 Å². The fourth-order valence-electron chi connectivity index (χ4n) is 3.41. The van der Waals surface area contributed by atoms with Gasteiger partial charge in [0.1, 0.15) is 0 Å². The minimum atomic E-state index is 0.530. The first-order valence-corrected chi connectivity index (χ1v) is 9.31. The van der Waals surface area contributed by atoms with Gasteiger partial charge in [-0.25, -0.2) is 0 Å². The van der Waals surface area contributed by atoms with Crippen LogP contribution in [-0.2, 0) is 0 Å². The number of piperidine rings is 1. The summed E-state index contributed by atoms with van der Waals surface area (Å²) in [4.78, 5) is 2.65. The largest absolute Gasteiger partial charge is 0.310 e. The van der Waals surface area contributed by atoms with Crippen molar-refractivity contribution in [1.82, 2.24) is 10.2 Å². The van der Waals surface area contributed by atoms with Crippen LogP contribution in [0.4, 0.5) is 0 Å². The fraction of sp³-hybridized carbons (Fsp3) is 1.00. The number of nitrogens with one attached hydrogen (secondary N) is 1. The first-order valence-electron chi connectivity index (χ1n) is 8.15. The van der Waals surface area contributed by atoms with Crippen molar-refractivity contribution in [3.05, 3.63) is 0 Å². The van der Waals surface area contributed by atoms with Gasteiger partial charge in [0, 0.05) is 17.8 Å². The molecule has 0 bridgehead atoms. The van der Waals surface area contributed by atoms with Gasteiger partial charge in [-0.05, 0) is 56.5 Å². The summed E-state index contributed by atoms with van der Waals surface area (Å²) in [7, 11) is 0. The van der Waals surface area contributed by atoms with E-state index >= 15 is 0 Å². The van der Waals surface area contributed by atoms with E-state index in [1.807, 2.05) is 0 Å². The lowest BCUT2D eigenvalue weighted by Crippen LogP contribution is -2.49. The van der Waals surface area contributed by atoms with Crippen LogP contribution in [0, 0.1) is 5.41 Å².